The fourth-order valence-electron chi connectivity index (χ4n) is 1.83. The molecule has 19 heavy (non-hydrogen) atoms. The van der Waals surface area contributed by atoms with Crippen molar-refractivity contribution in [2.45, 2.75) is 6.92 Å². The van der Waals surface area contributed by atoms with E-state index in [-0.39, 0.29) is 5.97 Å². The monoisotopic (exact) mass is 272 g/mol. The number of carbonyl (C=O) groups excluding carboxylic acids is 1. The van der Waals surface area contributed by atoms with Crippen molar-refractivity contribution in [3.63, 3.8) is 0 Å². The van der Waals surface area contributed by atoms with Crippen LogP contribution in [0.3, 0.4) is 0 Å². The van der Waals surface area contributed by atoms with Crippen LogP contribution in [0.1, 0.15) is 17.3 Å². The van der Waals surface area contributed by atoms with Crippen LogP contribution < -0.4 is 0 Å². The summed E-state index contributed by atoms with van der Waals surface area (Å²) < 4.78 is 7.93. The number of carbonyl (C=O) groups is 1. The largest absolute Gasteiger partial charge is 0.462 e. The third kappa shape index (κ3) is 2.24. The highest BCUT2D eigenvalue weighted by Gasteiger charge is 2.10. The Hall–Kier alpha value is -2.14. The van der Waals surface area contributed by atoms with Crippen LogP contribution in [0.15, 0.2) is 42.7 Å². The molecule has 0 aliphatic carbocycles. The minimum atomic E-state index is -0.291. The predicted molar refractivity (Wildman–Crippen MR) is 74.9 cm³/mol. The number of hydrogen-bond acceptors (Lipinski definition) is 4. The van der Waals surface area contributed by atoms with Crippen LogP contribution in [-0.2, 0) is 4.74 Å². The van der Waals surface area contributed by atoms with Crippen molar-refractivity contribution >= 4 is 27.5 Å². The van der Waals surface area contributed by atoms with Crippen LogP contribution in [0.5, 0.6) is 0 Å². The average Bonchev–Trinajstić information content (AvgIpc) is 3.07. The molecule has 4 nitrogen and oxygen atoms in total. The molecule has 2 heterocycles. The molecule has 1 aromatic carbocycles. The Morgan fingerprint density at radius 1 is 1.37 bits per heavy atom. The first-order valence-corrected chi connectivity index (χ1v) is 6.80. The second-order valence-corrected chi connectivity index (χ2v) is 5.00. The zero-order chi connectivity index (χ0) is 13.2. The van der Waals surface area contributed by atoms with Gasteiger partial charge in [0, 0.05) is 12.4 Å². The molecule has 0 radical (unpaired) electrons. The van der Waals surface area contributed by atoms with Crippen molar-refractivity contribution in [1.29, 1.82) is 0 Å². The molecule has 0 bridgehead atoms. The van der Waals surface area contributed by atoms with Gasteiger partial charge in [-0.1, -0.05) is 11.3 Å². The summed E-state index contributed by atoms with van der Waals surface area (Å²) >= 11 is 1.55. The van der Waals surface area contributed by atoms with Gasteiger partial charge in [-0.3, -0.25) is 0 Å². The van der Waals surface area contributed by atoms with E-state index in [1.165, 1.54) is 0 Å². The summed E-state index contributed by atoms with van der Waals surface area (Å²) in [5.74, 6) is -0.291. The number of fused-ring (bicyclic) bond motifs is 1. The van der Waals surface area contributed by atoms with Crippen molar-refractivity contribution in [3.8, 4) is 5.13 Å². The van der Waals surface area contributed by atoms with Gasteiger partial charge in [0.15, 0.2) is 5.13 Å². The van der Waals surface area contributed by atoms with Crippen molar-refractivity contribution in [3.05, 3.63) is 48.3 Å². The first kappa shape index (κ1) is 11.9. The minimum Gasteiger partial charge on any atom is -0.462 e. The molecule has 5 heteroatoms. The first-order chi connectivity index (χ1) is 9.28. The van der Waals surface area contributed by atoms with Gasteiger partial charge in [-0.25, -0.2) is 9.78 Å². The first-order valence-electron chi connectivity index (χ1n) is 5.99. The van der Waals surface area contributed by atoms with Crippen LogP contribution in [0, 0.1) is 0 Å². The predicted octanol–water partition coefficient (Wildman–Crippen LogP) is 3.26. The molecule has 0 atom stereocenters. The summed E-state index contributed by atoms with van der Waals surface area (Å²) in [4.78, 5) is 16.2. The lowest BCUT2D eigenvalue weighted by Gasteiger charge is -2.00. The standard InChI is InChI=1S/C14H12N2O2S/c1-2-18-13(17)10-5-6-11-12(9-10)19-14(15-11)16-7-3-4-8-16/h3-9H,2H2,1H3. The molecule has 0 saturated carbocycles. The van der Waals surface area contributed by atoms with Gasteiger partial charge in [0.25, 0.3) is 0 Å². The Labute approximate surface area is 114 Å². The van der Waals surface area contributed by atoms with E-state index < -0.39 is 0 Å². The lowest BCUT2D eigenvalue weighted by molar-refractivity contribution is 0.0526. The van der Waals surface area contributed by atoms with E-state index in [1.54, 1.807) is 24.3 Å². The lowest BCUT2D eigenvalue weighted by Crippen LogP contribution is -2.03. The van der Waals surface area contributed by atoms with E-state index in [4.69, 9.17) is 4.74 Å². The van der Waals surface area contributed by atoms with E-state index in [0.717, 1.165) is 15.3 Å². The highest BCUT2D eigenvalue weighted by Crippen LogP contribution is 2.26. The van der Waals surface area contributed by atoms with Gasteiger partial charge < -0.3 is 9.30 Å². The molecule has 0 amide bonds. The highest BCUT2D eigenvalue weighted by molar-refractivity contribution is 7.20. The van der Waals surface area contributed by atoms with Crippen LogP contribution >= 0.6 is 11.3 Å². The van der Waals surface area contributed by atoms with E-state index in [9.17, 15) is 4.79 Å². The van der Waals surface area contributed by atoms with Gasteiger partial charge in [-0.05, 0) is 37.3 Å². The van der Waals surface area contributed by atoms with Crippen molar-refractivity contribution in [2.75, 3.05) is 6.61 Å². The molecule has 3 rings (SSSR count). The van der Waals surface area contributed by atoms with Crippen molar-refractivity contribution in [2.24, 2.45) is 0 Å². The highest BCUT2D eigenvalue weighted by atomic mass is 32.1. The maximum atomic E-state index is 11.7. The Kier molecular flexibility index (Phi) is 3.05. The second kappa shape index (κ2) is 4.85. The molecule has 0 aliphatic rings. The Morgan fingerprint density at radius 2 is 2.16 bits per heavy atom. The Morgan fingerprint density at radius 3 is 2.89 bits per heavy atom. The molecule has 0 N–H and O–H groups in total. The topological polar surface area (TPSA) is 44.1 Å². The van der Waals surface area contributed by atoms with Crippen LogP contribution in [0.2, 0.25) is 0 Å². The molecule has 3 aromatic rings. The van der Waals surface area contributed by atoms with Crippen LogP contribution in [-0.4, -0.2) is 22.1 Å². The molecular weight excluding hydrogens is 260 g/mol. The number of aromatic nitrogens is 2. The number of thiazole rings is 1. The summed E-state index contributed by atoms with van der Waals surface area (Å²) in [5.41, 5.74) is 1.46. The number of nitrogens with zero attached hydrogens (tertiary/aromatic N) is 2. The fraction of sp³-hybridized carbons (Fsp3) is 0.143. The third-order valence-electron chi connectivity index (χ3n) is 2.71. The number of hydrogen-bond donors (Lipinski definition) is 0. The van der Waals surface area contributed by atoms with E-state index >= 15 is 0 Å². The molecule has 0 unspecified atom stereocenters. The normalized spacial score (nSPS) is 10.8. The maximum absolute atomic E-state index is 11.7. The molecule has 96 valence electrons. The van der Waals surface area contributed by atoms with Gasteiger partial charge in [0.2, 0.25) is 0 Å². The van der Waals surface area contributed by atoms with Crippen molar-refractivity contribution < 1.29 is 9.53 Å². The summed E-state index contributed by atoms with van der Waals surface area (Å²) in [6.45, 7) is 2.18. The molecule has 0 fully saturated rings. The van der Waals surface area contributed by atoms with E-state index in [0.29, 0.717) is 12.2 Å². The van der Waals surface area contributed by atoms with Gasteiger partial charge in [0.05, 0.1) is 22.4 Å². The zero-order valence-electron chi connectivity index (χ0n) is 10.4. The third-order valence-corrected chi connectivity index (χ3v) is 3.75. The summed E-state index contributed by atoms with van der Waals surface area (Å²) in [6, 6.07) is 9.34. The summed E-state index contributed by atoms with van der Waals surface area (Å²) in [7, 11) is 0. The molecular formula is C14H12N2O2S. The maximum Gasteiger partial charge on any atom is 0.338 e. The Bertz CT molecular complexity index is 716. The average molecular weight is 272 g/mol. The van der Waals surface area contributed by atoms with Gasteiger partial charge in [-0.2, -0.15) is 0 Å². The van der Waals surface area contributed by atoms with Gasteiger partial charge >= 0.3 is 5.97 Å². The van der Waals surface area contributed by atoms with Crippen molar-refractivity contribution in [1.82, 2.24) is 9.55 Å². The smallest absolute Gasteiger partial charge is 0.338 e. The van der Waals surface area contributed by atoms with Crippen LogP contribution in [0.25, 0.3) is 15.3 Å². The lowest BCUT2D eigenvalue weighted by atomic mass is 10.2. The SMILES string of the molecule is CCOC(=O)c1ccc2nc(-n3cccc3)sc2c1. The second-order valence-electron chi connectivity index (χ2n) is 3.99. The number of esters is 1. The van der Waals surface area contributed by atoms with Gasteiger partial charge in [-0.15, -0.1) is 0 Å². The van der Waals surface area contributed by atoms with E-state index in [1.807, 2.05) is 41.2 Å². The van der Waals surface area contributed by atoms with Crippen LogP contribution in [0.4, 0.5) is 0 Å². The molecule has 0 saturated heterocycles. The fourth-order valence-corrected chi connectivity index (χ4v) is 2.80. The molecule has 0 spiro atoms. The Balaban J connectivity index is 2.02. The number of benzene rings is 1. The molecule has 2 aromatic heterocycles. The summed E-state index contributed by atoms with van der Waals surface area (Å²) in [6.07, 6.45) is 3.90. The van der Waals surface area contributed by atoms with E-state index in [2.05, 4.69) is 4.98 Å². The minimum absolute atomic E-state index is 0.291. The molecule has 0 aliphatic heterocycles. The number of rotatable bonds is 3. The van der Waals surface area contributed by atoms with Gasteiger partial charge in [0.1, 0.15) is 0 Å². The zero-order valence-corrected chi connectivity index (χ0v) is 11.2. The summed E-state index contributed by atoms with van der Waals surface area (Å²) in [5, 5.41) is 0.890. The quantitative estimate of drug-likeness (QED) is 0.687. The number of ether oxygens (including phenoxy) is 1.